The Morgan fingerprint density at radius 2 is 2.15 bits per heavy atom. The number of hydrogen-bond donors (Lipinski definition) is 3. The molecule has 74 valence electrons. The van der Waals surface area contributed by atoms with Gasteiger partial charge in [-0.3, -0.25) is 9.59 Å². The van der Waals surface area contributed by atoms with Crippen molar-refractivity contribution in [3.05, 3.63) is 0 Å². The zero-order valence-corrected chi connectivity index (χ0v) is 7.72. The van der Waals surface area contributed by atoms with Crippen LogP contribution in [0.4, 0.5) is 0 Å². The van der Waals surface area contributed by atoms with E-state index in [0.717, 1.165) is 0 Å². The number of carbonyl (C=O) groups excluding carboxylic acids is 2. The van der Waals surface area contributed by atoms with E-state index in [4.69, 9.17) is 5.41 Å². The molecule has 0 rings (SSSR count). The minimum Gasteiger partial charge on any atom is -0.349 e. The van der Waals surface area contributed by atoms with Gasteiger partial charge >= 0.3 is 0 Å². The van der Waals surface area contributed by atoms with Crippen molar-refractivity contribution >= 4 is 17.9 Å². The molecule has 0 aliphatic carbocycles. The van der Waals surface area contributed by atoms with Crippen molar-refractivity contribution in [1.29, 1.82) is 5.41 Å². The van der Waals surface area contributed by atoms with Gasteiger partial charge in [-0.2, -0.15) is 0 Å². The Hall–Kier alpha value is -1.23. The molecule has 0 fully saturated rings. The molecule has 0 atom stereocenters. The van der Waals surface area contributed by atoms with E-state index in [2.05, 4.69) is 10.6 Å². The Morgan fingerprint density at radius 1 is 1.46 bits per heavy atom. The number of unbranched alkanes of at least 4 members (excludes halogenated alkanes) is 1. The van der Waals surface area contributed by atoms with Gasteiger partial charge in [-0.25, -0.2) is 0 Å². The monoisotopic (exact) mass is 185 g/mol. The maximum absolute atomic E-state index is 10.9. The van der Waals surface area contributed by atoms with Crippen LogP contribution in [0, 0.1) is 5.41 Å². The number of likely N-dealkylation sites (N-methyl/N-ethyl adjacent to an activating group) is 1. The molecule has 0 saturated heterocycles. The molecule has 1 amide bonds. The lowest BCUT2D eigenvalue weighted by molar-refractivity contribution is -0.137. The lowest BCUT2D eigenvalue weighted by Gasteiger charge is -2.01. The highest BCUT2D eigenvalue weighted by molar-refractivity contribution is 6.36. The summed E-state index contributed by atoms with van der Waals surface area (Å²) >= 11 is 0. The summed E-state index contributed by atoms with van der Waals surface area (Å²) in [7, 11) is 1.61. The van der Waals surface area contributed by atoms with E-state index in [-0.39, 0.29) is 6.54 Å². The van der Waals surface area contributed by atoms with Crippen LogP contribution < -0.4 is 10.6 Å². The van der Waals surface area contributed by atoms with Crippen molar-refractivity contribution in [3.8, 4) is 0 Å². The van der Waals surface area contributed by atoms with Crippen molar-refractivity contribution in [2.45, 2.75) is 12.8 Å². The number of rotatable bonds is 7. The molecule has 5 heteroatoms. The van der Waals surface area contributed by atoms with E-state index in [9.17, 15) is 9.59 Å². The summed E-state index contributed by atoms with van der Waals surface area (Å²) in [6, 6.07) is 0. The SMILES string of the molecule is CNCC(=O)C(=O)NCCCC=N. The molecule has 0 spiro atoms. The van der Waals surface area contributed by atoms with Gasteiger partial charge in [-0.1, -0.05) is 0 Å². The number of hydrogen-bond acceptors (Lipinski definition) is 4. The summed E-state index contributed by atoms with van der Waals surface area (Å²) in [5.74, 6) is -1.02. The van der Waals surface area contributed by atoms with Crippen molar-refractivity contribution in [1.82, 2.24) is 10.6 Å². The summed E-state index contributed by atoms with van der Waals surface area (Å²) in [4.78, 5) is 21.8. The Bertz CT molecular complexity index is 192. The van der Waals surface area contributed by atoms with E-state index >= 15 is 0 Å². The molecule has 0 saturated carbocycles. The van der Waals surface area contributed by atoms with Crippen LogP contribution >= 0.6 is 0 Å². The van der Waals surface area contributed by atoms with Gasteiger partial charge in [0, 0.05) is 6.54 Å². The standard InChI is InChI=1S/C8H15N3O2/c1-10-6-7(12)8(13)11-5-3-2-4-9/h4,9-10H,2-3,5-6H2,1H3,(H,11,13). The molecular weight excluding hydrogens is 170 g/mol. The van der Waals surface area contributed by atoms with Crippen LogP contribution in [-0.4, -0.2) is 38.0 Å². The van der Waals surface area contributed by atoms with Crippen LogP contribution in [0.15, 0.2) is 0 Å². The fourth-order valence-electron chi connectivity index (χ4n) is 0.745. The summed E-state index contributed by atoms with van der Waals surface area (Å²) < 4.78 is 0. The Morgan fingerprint density at radius 3 is 2.69 bits per heavy atom. The van der Waals surface area contributed by atoms with E-state index in [1.165, 1.54) is 6.21 Å². The summed E-state index contributed by atoms with van der Waals surface area (Å²) in [6.45, 7) is 0.514. The lowest BCUT2D eigenvalue weighted by atomic mass is 10.3. The molecule has 5 nitrogen and oxygen atoms in total. The van der Waals surface area contributed by atoms with Crippen LogP contribution in [0.1, 0.15) is 12.8 Å². The zero-order chi connectivity index (χ0) is 10.1. The van der Waals surface area contributed by atoms with Gasteiger partial charge in [0.25, 0.3) is 5.91 Å². The van der Waals surface area contributed by atoms with Crippen molar-refractivity contribution < 1.29 is 9.59 Å². The largest absolute Gasteiger partial charge is 0.349 e. The fraction of sp³-hybridized carbons (Fsp3) is 0.625. The average Bonchev–Trinajstić information content (AvgIpc) is 2.12. The van der Waals surface area contributed by atoms with Crippen LogP contribution in [-0.2, 0) is 9.59 Å². The molecule has 0 radical (unpaired) electrons. The highest BCUT2D eigenvalue weighted by Crippen LogP contribution is 1.81. The molecule has 13 heavy (non-hydrogen) atoms. The number of amides is 1. The third-order valence-corrected chi connectivity index (χ3v) is 1.40. The molecule has 0 aromatic heterocycles. The zero-order valence-electron chi connectivity index (χ0n) is 7.72. The van der Waals surface area contributed by atoms with Gasteiger partial charge in [0.15, 0.2) is 0 Å². The van der Waals surface area contributed by atoms with Gasteiger partial charge in [0.05, 0.1) is 6.54 Å². The first-order valence-electron chi connectivity index (χ1n) is 4.17. The van der Waals surface area contributed by atoms with Crippen LogP contribution in [0.2, 0.25) is 0 Å². The molecule has 0 aliphatic heterocycles. The predicted molar refractivity (Wildman–Crippen MR) is 50.0 cm³/mol. The van der Waals surface area contributed by atoms with E-state index in [1.54, 1.807) is 7.05 Å². The summed E-state index contributed by atoms with van der Waals surface area (Å²) in [5, 5.41) is 11.8. The highest BCUT2D eigenvalue weighted by atomic mass is 16.2. The highest BCUT2D eigenvalue weighted by Gasteiger charge is 2.10. The molecule has 0 aromatic carbocycles. The molecule has 0 unspecified atom stereocenters. The Kier molecular flexibility index (Phi) is 6.72. The quantitative estimate of drug-likeness (QED) is 0.279. The number of ketones is 1. The minimum atomic E-state index is -0.556. The van der Waals surface area contributed by atoms with Crippen molar-refractivity contribution in [2.75, 3.05) is 20.1 Å². The molecule has 0 heterocycles. The smallest absolute Gasteiger partial charge is 0.288 e. The molecule has 3 N–H and O–H groups in total. The molecule has 0 bridgehead atoms. The number of Topliss-reactive ketones (excluding diaryl/α,β-unsaturated/α-hetero) is 1. The first kappa shape index (κ1) is 11.8. The predicted octanol–water partition coefficient (Wildman–Crippen LogP) is -0.679. The lowest BCUT2D eigenvalue weighted by Crippen LogP contribution is -2.36. The third-order valence-electron chi connectivity index (χ3n) is 1.40. The third kappa shape index (κ3) is 5.98. The molecular formula is C8H15N3O2. The second-order valence-electron chi connectivity index (χ2n) is 2.56. The molecule has 0 aromatic rings. The van der Waals surface area contributed by atoms with E-state index < -0.39 is 11.7 Å². The van der Waals surface area contributed by atoms with Gasteiger partial charge in [0.2, 0.25) is 5.78 Å². The maximum atomic E-state index is 10.9. The van der Waals surface area contributed by atoms with E-state index in [0.29, 0.717) is 19.4 Å². The van der Waals surface area contributed by atoms with Crippen LogP contribution in [0.25, 0.3) is 0 Å². The van der Waals surface area contributed by atoms with Gasteiger partial charge in [-0.05, 0) is 26.1 Å². The molecule has 0 aliphatic rings. The number of nitrogens with one attached hydrogen (secondary N) is 3. The van der Waals surface area contributed by atoms with E-state index in [1.807, 2.05) is 0 Å². The van der Waals surface area contributed by atoms with Gasteiger partial charge in [-0.15, -0.1) is 0 Å². The van der Waals surface area contributed by atoms with Crippen molar-refractivity contribution in [2.24, 2.45) is 0 Å². The summed E-state index contributed by atoms with van der Waals surface area (Å²) in [6.07, 6.45) is 2.60. The minimum absolute atomic E-state index is 0.0659. The Labute approximate surface area is 77.4 Å². The second-order valence-corrected chi connectivity index (χ2v) is 2.56. The second kappa shape index (κ2) is 7.42. The van der Waals surface area contributed by atoms with Gasteiger partial charge < -0.3 is 16.0 Å². The maximum Gasteiger partial charge on any atom is 0.288 e. The first-order chi connectivity index (χ1) is 6.22. The first-order valence-corrected chi connectivity index (χ1v) is 4.17. The normalized spacial score (nSPS) is 9.31. The topological polar surface area (TPSA) is 82.1 Å². The van der Waals surface area contributed by atoms with Crippen LogP contribution in [0.3, 0.4) is 0 Å². The Balaban J connectivity index is 3.50. The van der Waals surface area contributed by atoms with Crippen LogP contribution in [0.5, 0.6) is 0 Å². The fourth-order valence-corrected chi connectivity index (χ4v) is 0.745. The summed E-state index contributed by atoms with van der Waals surface area (Å²) in [5.41, 5.74) is 0. The van der Waals surface area contributed by atoms with Crippen molar-refractivity contribution in [3.63, 3.8) is 0 Å². The number of carbonyl (C=O) groups is 2. The van der Waals surface area contributed by atoms with Gasteiger partial charge in [0.1, 0.15) is 0 Å². The average molecular weight is 185 g/mol.